The lowest BCUT2D eigenvalue weighted by Gasteiger charge is -2.32. The van der Waals surface area contributed by atoms with Crippen molar-refractivity contribution in [2.45, 2.75) is 65.0 Å². The summed E-state index contributed by atoms with van der Waals surface area (Å²) in [6.45, 7) is 7.25. The molecule has 0 bridgehead atoms. The monoisotopic (exact) mass is 265 g/mol. The Balaban J connectivity index is 2.65. The van der Waals surface area contributed by atoms with E-state index in [0.29, 0.717) is 6.54 Å². The molecule has 19 heavy (non-hydrogen) atoms. The lowest BCUT2D eigenvalue weighted by atomic mass is 9.94. The second-order valence-corrected chi connectivity index (χ2v) is 5.73. The van der Waals surface area contributed by atoms with Gasteiger partial charge in [-0.2, -0.15) is 5.26 Å². The molecule has 1 N–H and O–H groups in total. The summed E-state index contributed by atoms with van der Waals surface area (Å²) in [7, 11) is 0. The van der Waals surface area contributed by atoms with Crippen LogP contribution in [0, 0.1) is 17.2 Å². The summed E-state index contributed by atoms with van der Waals surface area (Å²) in [6, 6.07) is 2.87. The van der Waals surface area contributed by atoms with Crippen LogP contribution in [0.3, 0.4) is 0 Å². The van der Waals surface area contributed by atoms with Gasteiger partial charge in [0.05, 0.1) is 18.5 Å². The van der Waals surface area contributed by atoms with Crippen LogP contribution in [-0.4, -0.2) is 36.0 Å². The van der Waals surface area contributed by atoms with E-state index in [2.05, 4.69) is 23.2 Å². The molecule has 1 saturated carbocycles. The number of rotatable bonds is 5. The summed E-state index contributed by atoms with van der Waals surface area (Å²) in [5.74, 6) is 0.145. The topological polar surface area (TPSA) is 56.1 Å². The summed E-state index contributed by atoms with van der Waals surface area (Å²) in [5, 5.41) is 12.3. The Morgan fingerprint density at radius 2 is 2.05 bits per heavy atom. The Kier molecular flexibility index (Phi) is 6.86. The molecule has 4 heteroatoms. The maximum Gasteiger partial charge on any atom is 0.234 e. The first-order chi connectivity index (χ1) is 9.08. The molecule has 0 aromatic carbocycles. The fraction of sp³-hybridized carbons (Fsp3) is 0.867. The highest BCUT2D eigenvalue weighted by Crippen LogP contribution is 2.26. The molecule has 0 saturated heterocycles. The van der Waals surface area contributed by atoms with Gasteiger partial charge in [-0.3, -0.25) is 9.69 Å². The molecule has 1 aliphatic carbocycles. The third kappa shape index (κ3) is 5.20. The van der Waals surface area contributed by atoms with Crippen molar-refractivity contribution < 1.29 is 4.79 Å². The molecule has 0 aliphatic heterocycles. The molecule has 0 heterocycles. The quantitative estimate of drug-likeness (QED) is 0.776. The average Bonchev–Trinajstić information content (AvgIpc) is 2.59. The normalized spacial score (nSPS) is 24.0. The first kappa shape index (κ1) is 16.0. The molecule has 0 aromatic heterocycles. The number of hydrogen-bond donors (Lipinski definition) is 1. The van der Waals surface area contributed by atoms with Gasteiger partial charge in [-0.15, -0.1) is 0 Å². The van der Waals surface area contributed by atoms with Crippen LogP contribution in [0.5, 0.6) is 0 Å². The van der Waals surface area contributed by atoms with E-state index in [9.17, 15) is 10.1 Å². The molecule has 2 atom stereocenters. The fourth-order valence-corrected chi connectivity index (χ4v) is 2.89. The zero-order chi connectivity index (χ0) is 14.3. The molecule has 2 unspecified atom stereocenters. The summed E-state index contributed by atoms with van der Waals surface area (Å²) in [6.07, 6.45) is 5.55. The van der Waals surface area contributed by atoms with Gasteiger partial charge in [-0.25, -0.2) is 0 Å². The average molecular weight is 265 g/mol. The smallest absolute Gasteiger partial charge is 0.234 e. The van der Waals surface area contributed by atoms with Gasteiger partial charge in [0.15, 0.2) is 0 Å². The van der Waals surface area contributed by atoms with Crippen molar-refractivity contribution in [1.29, 1.82) is 5.26 Å². The van der Waals surface area contributed by atoms with E-state index in [-0.39, 0.29) is 23.9 Å². The van der Waals surface area contributed by atoms with Crippen molar-refractivity contribution in [2.24, 2.45) is 5.92 Å². The van der Waals surface area contributed by atoms with Gasteiger partial charge in [0.1, 0.15) is 0 Å². The number of nitrogens with one attached hydrogen (secondary N) is 1. The molecule has 4 nitrogen and oxygen atoms in total. The van der Waals surface area contributed by atoms with Crippen LogP contribution in [-0.2, 0) is 4.79 Å². The maximum atomic E-state index is 11.9. The van der Waals surface area contributed by atoms with Crippen LogP contribution >= 0.6 is 0 Å². The van der Waals surface area contributed by atoms with Crippen molar-refractivity contribution in [3.05, 3.63) is 0 Å². The lowest BCUT2D eigenvalue weighted by molar-refractivity contribution is -0.123. The largest absolute Gasteiger partial charge is 0.353 e. The standard InChI is InChI=1S/C15H27N3O/c1-4-18(11-15(19)17-12(2)3)14-9-7-5-6-8-13(14)10-16/h12-14H,4-9,11H2,1-3H3,(H,17,19). The minimum Gasteiger partial charge on any atom is -0.353 e. The Labute approximate surface area is 117 Å². The van der Waals surface area contributed by atoms with Crippen molar-refractivity contribution in [3.63, 3.8) is 0 Å². The number of hydrogen-bond acceptors (Lipinski definition) is 3. The van der Waals surface area contributed by atoms with E-state index in [1.54, 1.807) is 0 Å². The van der Waals surface area contributed by atoms with E-state index in [1.165, 1.54) is 12.8 Å². The summed E-state index contributed by atoms with van der Waals surface area (Å²) in [4.78, 5) is 14.1. The zero-order valence-electron chi connectivity index (χ0n) is 12.5. The van der Waals surface area contributed by atoms with Crippen molar-refractivity contribution in [1.82, 2.24) is 10.2 Å². The number of carbonyl (C=O) groups excluding carboxylic acids is 1. The van der Waals surface area contributed by atoms with Crippen LogP contribution in [0.25, 0.3) is 0 Å². The second-order valence-electron chi connectivity index (χ2n) is 5.73. The van der Waals surface area contributed by atoms with Gasteiger partial charge in [0.25, 0.3) is 0 Å². The molecule has 1 fully saturated rings. The molecule has 1 aliphatic rings. The van der Waals surface area contributed by atoms with Crippen LogP contribution in [0.15, 0.2) is 0 Å². The van der Waals surface area contributed by atoms with Crippen LogP contribution in [0.4, 0.5) is 0 Å². The first-order valence-corrected chi connectivity index (χ1v) is 7.51. The Morgan fingerprint density at radius 1 is 1.37 bits per heavy atom. The predicted octanol–water partition coefficient (Wildman–Crippen LogP) is 2.31. The van der Waals surface area contributed by atoms with Crippen LogP contribution in [0.2, 0.25) is 0 Å². The summed E-state index contributed by atoms with van der Waals surface area (Å²) in [5.41, 5.74) is 0. The number of nitriles is 1. The van der Waals surface area contributed by atoms with Gasteiger partial charge in [0.2, 0.25) is 5.91 Å². The SMILES string of the molecule is CCN(CC(=O)NC(C)C)C1CCCCCC1C#N. The van der Waals surface area contributed by atoms with E-state index in [4.69, 9.17) is 0 Å². The van der Waals surface area contributed by atoms with Gasteiger partial charge >= 0.3 is 0 Å². The summed E-state index contributed by atoms with van der Waals surface area (Å²) < 4.78 is 0. The molecule has 1 amide bonds. The zero-order valence-corrected chi connectivity index (χ0v) is 12.5. The molecular formula is C15H27N3O. The van der Waals surface area contributed by atoms with Crippen molar-refractivity contribution >= 4 is 5.91 Å². The molecule has 1 rings (SSSR count). The molecule has 0 spiro atoms. The highest BCUT2D eigenvalue weighted by Gasteiger charge is 2.29. The Hall–Kier alpha value is -1.08. The van der Waals surface area contributed by atoms with E-state index in [1.807, 2.05) is 13.8 Å². The maximum absolute atomic E-state index is 11.9. The Morgan fingerprint density at radius 3 is 2.63 bits per heavy atom. The third-order valence-electron chi connectivity index (χ3n) is 3.82. The van der Waals surface area contributed by atoms with Gasteiger partial charge in [0, 0.05) is 12.1 Å². The van der Waals surface area contributed by atoms with E-state index >= 15 is 0 Å². The van der Waals surface area contributed by atoms with Crippen LogP contribution < -0.4 is 5.32 Å². The number of amides is 1. The molecule has 108 valence electrons. The molecule has 0 radical (unpaired) electrons. The third-order valence-corrected chi connectivity index (χ3v) is 3.82. The number of carbonyl (C=O) groups is 1. The highest BCUT2D eigenvalue weighted by atomic mass is 16.2. The highest BCUT2D eigenvalue weighted by molar-refractivity contribution is 5.78. The Bertz CT molecular complexity index is 322. The van der Waals surface area contributed by atoms with Gasteiger partial charge < -0.3 is 5.32 Å². The molecular weight excluding hydrogens is 238 g/mol. The summed E-state index contributed by atoms with van der Waals surface area (Å²) >= 11 is 0. The predicted molar refractivity (Wildman–Crippen MR) is 76.5 cm³/mol. The number of likely N-dealkylation sites (N-methyl/N-ethyl adjacent to an activating group) is 1. The minimum absolute atomic E-state index is 0.0674. The lowest BCUT2D eigenvalue weighted by Crippen LogP contribution is -2.46. The van der Waals surface area contributed by atoms with Crippen molar-refractivity contribution in [2.75, 3.05) is 13.1 Å². The fourth-order valence-electron chi connectivity index (χ4n) is 2.89. The van der Waals surface area contributed by atoms with Gasteiger partial charge in [-0.05, 0) is 33.2 Å². The second kappa shape index (κ2) is 8.16. The number of nitrogens with zero attached hydrogens (tertiary/aromatic N) is 2. The first-order valence-electron chi connectivity index (χ1n) is 7.51. The van der Waals surface area contributed by atoms with Gasteiger partial charge in [-0.1, -0.05) is 26.2 Å². The molecule has 0 aromatic rings. The minimum atomic E-state index is 0.0674. The van der Waals surface area contributed by atoms with Crippen LogP contribution in [0.1, 0.15) is 52.9 Å². The van der Waals surface area contributed by atoms with E-state index < -0.39 is 0 Å². The van der Waals surface area contributed by atoms with E-state index in [0.717, 1.165) is 25.8 Å². The van der Waals surface area contributed by atoms with Crippen molar-refractivity contribution in [3.8, 4) is 6.07 Å².